The number of nitrogens with two attached hydrogens (primary N) is 1. The molecule has 0 aliphatic heterocycles. The van der Waals surface area contributed by atoms with Crippen molar-refractivity contribution in [1.29, 1.82) is 0 Å². The summed E-state index contributed by atoms with van der Waals surface area (Å²) < 4.78 is 5.58. The van der Waals surface area contributed by atoms with Crippen molar-refractivity contribution in [3.05, 3.63) is 65.7 Å². The summed E-state index contributed by atoms with van der Waals surface area (Å²) in [4.78, 5) is 0. The van der Waals surface area contributed by atoms with Crippen LogP contribution in [0.2, 0.25) is 0 Å². The first-order chi connectivity index (χ1) is 9.72. The summed E-state index contributed by atoms with van der Waals surface area (Å²) in [5.74, 6) is 0.767. The monoisotopic (exact) mass is 271 g/mol. The van der Waals surface area contributed by atoms with Gasteiger partial charge in [0.05, 0.1) is 18.8 Å². The van der Waals surface area contributed by atoms with E-state index in [-0.39, 0.29) is 0 Å². The van der Waals surface area contributed by atoms with Gasteiger partial charge in [0.1, 0.15) is 5.75 Å². The maximum atomic E-state index is 10.4. The van der Waals surface area contributed by atoms with Gasteiger partial charge in [-0.1, -0.05) is 49.4 Å². The highest BCUT2D eigenvalue weighted by molar-refractivity contribution is 5.32. The van der Waals surface area contributed by atoms with Gasteiger partial charge >= 0.3 is 0 Å². The fourth-order valence-electron chi connectivity index (χ4n) is 2.07. The predicted octanol–water partition coefficient (Wildman–Crippen LogP) is 3.21. The summed E-state index contributed by atoms with van der Waals surface area (Å²) in [5.41, 5.74) is 7.82. The molecule has 0 aliphatic carbocycles. The van der Waals surface area contributed by atoms with Gasteiger partial charge in [0.25, 0.3) is 0 Å². The number of rotatable bonds is 6. The van der Waals surface area contributed by atoms with Crippen LogP contribution in [-0.2, 0) is 0 Å². The first-order valence-electron chi connectivity index (χ1n) is 6.93. The van der Waals surface area contributed by atoms with Gasteiger partial charge in [-0.05, 0) is 29.7 Å². The first-order valence-corrected chi connectivity index (χ1v) is 6.93. The molecule has 2 aromatic carbocycles. The third-order valence-corrected chi connectivity index (χ3v) is 3.20. The maximum Gasteiger partial charge on any atom is 0.119 e. The summed E-state index contributed by atoms with van der Waals surface area (Å²) in [7, 11) is 0. The summed E-state index contributed by atoms with van der Waals surface area (Å²) in [6, 6.07) is 16.7. The van der Waals surface area contributed by atoms with Gasteiger partial charge in [-0.15, -0.1) is 0 Å². The Kier molecular flexibility index (Phi) is 5.16. The Morgan fingerprint density at radius 2 is 1.75 bits per heavy atom. The molecule has 2 unspecified atom stereocenters. The fraction of sp³-hybridized carbons (Fsp3) is 0.294. The lowest BCUT2D eigenvalue weighted by atomic mass is 9.96. The van der Waals surface area contributed by atoms with E-state index in [1.165, 1.54) is 0 Å². The molecule has 0 aromatic heterocycles. The molecular formula is C17H21NO2. The summed E-state index contributed by atoms with van der Waals surface area (Å²) >= 11 is 0. The third-order valence-electron chi connectivity index (χ3n) is 3.20. The van der Waals surface area contributed by atoms with E-state index in [1.807, 2.05) is 54.6 Å². The van der Waals surface area contributed by atoms with Crippen LogP contribution in [0.4, 0.5) is 0 Å². The number of hydrogen-bond acceptors (Lipinski definition) is 3. The van der Waals surface area contributed by atoms with Crippen LogP contribution in [-0.4, -0.2) is 11.7 Å². The molecule has 0 spiro atoms. The van der Waals surface area contributed by atoms with Crippen molar-refractivity contribution >= 4 is 0 Å². The van der Waals surface area contributed by atoms with Gasteiger partial charge in [0.2, 0.25) is 0 Å². The Morgan fingerprint density at radius 1 is 1.05 bits per heavy atom. The second-order valence-electron chi connectivity index (χ2n) is 4.80. The Labute approximate surface area is 120 Å². The van der Waals surface area contributed by atoms with Crippen molar-refractivity contribution in [2.45, 2.75) is 25.5 Å². The molecule has 0 bridgehead atoms. The van der Waals surface area contributed by atoms with Crippen molar-refractivity contribution in [2.75, 3.05) is 6.61 Å². The SMILES string of the molecule is CCCOc1cccc(C(O)C(N)c2ccccc2)c1. The number of hydrogen-bond donors (Lipinski definition) is 2. The lowest BCUT2D eigenvalue weighted by molar-refractivity contribution is 0.146. The van der Waals surface area contributed by atoms with Crippen LogP contribution >= 0.6 is 0 Å². The first kappa shape index (κ1) is 14.6. The van der Waals surface area contributed by atoms with Gasteiger partial charge in [-0.2, -0.15) is 0 Å². The minimum absolute atomic E-state index is 0.447. The topological polar surface area (TPSA) is 55.5 Å². The highest BCUT2D eigenvalue weighted by Crippen LogP contribution is 2.28. The minimum atomic E-state index is -0.748. The molecule has 20 heavy (non-hydrogen) atoms. The van der Waals surface area contributed by atoms with E-state index < -0.39 is 12.1 Å². The Morgan fingerprint density at radius 3 is 2.45 bits per heavy atom. The average Bonchev–Trinajstić information content (AvgIpc) is 2.52. The third kappa shape index (κ3) is 3.59. The van der Waals surface area contributed by atoms with Crippen LogP contribution in [0.1, 0.15) is 36.6 Å². The maximum absolute atomic E-state index is 10.4. The lowest BCUT2D eigenvalue weighted by Gasteiger charge is -2.20. The van der Waals surface area contributed by atoms with Crippen molar-refractivity contribution < 1.29 is 9.84 Å². The fourth-order valence-corrected chi connectivity index (χ4v) is 2.07. The molecule has 0 saturated heterocycles. The van der Waals surface area contributed by atoms with Crippen LogP contribution < -0.4 is 10.5 Å². The van der Waals surface area contributed by atoms with Crippen LogP contribution in [0.3, 0.4) is 0 Å². The smallest absolute Gasteiger partial charge is 0.119 e. The zero-order chi connectivity index (χ0) is 14.4. The molecule has 0 amide bonds. The number of aliphatic hydroxyl groups is 1. The Balaban J connectivity index is 2.14. The number of ether oxygens (including phenoxy) is 1. The summed E-state index contributed by atoms with van der Waals surface area (Å²) in [6.45, 7) is 2.73. The Bertz CT molecular complexity index is 528. The molecular weight excluding hydrogens is 250 g/mol. The molecule has 0 saturated carbocycles. The molecule has 3 heteroatoms. The van der Waals surface area contributed by atoms with Crippen molar-refractivity contribution in [3.8, 4) is 5.75 Å². The van der Waals surface area contributed by atoms with E-state index in [0.717, 1.165) is 23.3 Å². The predicted molar refractivity (Wildman–Crippen MR) is 80.6 cm³/mol. The summed E-state index contributed by atoms with van der Waals surface area (Å²) in [5, 5.41) is 10.4. The zero-order valence-corrected chi connectivity index (χ0v) is 11.7. The van der Waals surface area contributed by atoms with Gasteiger partial charge in [-0.3, -0.25) is 0 Å². The molecule has 106 valence electrons. The second kappa shape index (κ2) is 7.08. The number of benzene rings is 2. The highest BCUT2D eigenvalue weighted by atomic mass is 16.5. The van der Waals surface area contributed by atoms with Gasteiger partial charge < -0.3 is 15.6 Å². The van der Waals surface area contributed by atoms with E-state index >= 15 is 0 Å². The molecule has 2 atom stereocenters. The second-order valence-corrected chi connectivity index (χ2v) is 4.80. The number of aliphatic hydroxyl groups excluding tert-OH is 1. The van der Waals surface area contributed by atoms with Gasteiger partial charge in [0.15, 0.2) is 0 Å². The molecule has 2 rings (SSSR count). The van der Waals surface area contributed by atoms with E-state index in [0.29, 0.717) is 6.61 Å². The van der Waals surface area contributed by atoms with E-state index in [9.17, 15) is 5.11 Å². The standard InChI is InChI=1S/C17H21NO2/c1-2-11-20-15-10-6-9-14(12-15)17(19)16(18)13-7-4-3-5-8-13/h3-10,12,16-17,19H,2,11,18H2,1H3. The van der Waals surface area contributed by atoms with Crippen molar-refractivity contribution in [3.63, 3.8) is 0 Å². The molecule has 0 fully saturated rings. The van der Waals surface area contributed by atoms with Crippen LogP contribution in [0, 0.1) is 0 Å². The normalized spacial score (nSPS) is 13.8. The van der Waals surface area contributed by atoms with Crippen LogP contribution in [0.15, 0.2) is 54.6 Å². The zero-order valence-electron chi connectivity index (χ0n) is 11.7. The van der Waals surface area contributed by atoms with E-state index in [1.54, 1.807) is 0 Å². The van der Waals surface area contributed by atoms with Crippen molar-refractivity contribution in [1.82, 2.24) is 0 Å². The highest BCUT2D eigenvalue weighted by Gasteiger charge is 2.18. The molecule has 2 aromatic rings. The minimum Gasteiger partial charge on any atom is -0.494 e. The summed E-state index contributed by atoms with van der Waals surface area (Å²) in [6.07, 6.45) is 0.207. The van der Waals surface area contributed by atoms with Gasteiger partial charge in [0, 0.05) is 0 Å². The average molecular weight is 271 g/mol. The molecule has 0 radical (unpaired) electrons. The Hall–Kier alpha value is -1.84. The van der Waals surface area contributed by atoms with Gasteiger partial charge in [-0.25, -0.2) is 0 Å². The van der Waals surface area contributed by atoms with Crippen LogP contribution in [0.25, 0.3) is 0 Å². The van der Waals surface area contributed by atoms with E-state index in [4.69, 9.17) is 10.5 Å². The quantitative estimate of drug-likeness (QED) is 0.848. The lowest BCUT2D eigenvalue weighted by Crippen LogP contribution is -2.19. The van der Waals surface area contributed by atoms with Crippen molar-refractivity contribution in [2.24, 2.45) is 5.73 Å². The molecule has 0 aliphatic rings. The molecule has 3 N–H and O–H groups in total. The van der Waals surface area contributed by atoms with E-state index in [2.05, 4.69) is 6.92 Å². The van der Waals surface area contributed by atoms with Crippen LogP contribution in [0.5, 0.6) is 5.75 Å². The largest absolute Gasteiger partial charge is 0.494 e. The molecule has 3 nitrogen and oxygen atoms in total. The molecule has 0 heterocycles.